The van der Waals surface area contributed by atoms with Gasteiger partial charge < -0.3 is 10.2 Å². The topological polar surface area (TPSA) is 35.6 Å². The van der Waals surface area contributed by atoms with E-state index in [1.54, 1.807) is 11.3 Å². The van der Waals surface area contributed by atoms with E-state index in [1.807, 2.05) is 34.9 Å². The minimum Gasteiger partial charge on any atom is -0.326 e. The number of piperazine rings is 1. The highest BCUT2D eigenvalue weighted by Crippen LogP contribution is 2.28. The van der Waals surface area contributed by atoms with Gasteiger partial charge in [0.1, 0.15) is 0 Å². The lowest BCUT2D eigenvalue weighted by Crippen LogP contribution is -2.52. The highest BCUT2D eigenvalue weighted by atomic mass is 32.2. The Kier molecular flexibility index (Phi) is 7.00. The second kappa shape index (κ2) is 9.44. The third kappa shape index (κ3) is 4.81. The number of benzene rings is 1. The summed E-state index contributed by atoms with van der Waals surface area (Å²) in [5.74, 6) is 1.15. The van der Waals surface area contributed by atoms with Crippen LogP contribution in [0, 0.1) is 6.92 Å². The van der Waals surface area contributed by atoms with E-state index in [-0.39, 0.29) is 12.1 Å². The fourth-order valence-electron chi connectivity index (χ4n) is 3.28. The number of aryl methyl sites for hydroxylation is 1. The molecule has 2 amide bonds. The van der Waals surface area contributed by atoms with Crippen LogP contribution in [0.5, 0.6) is 0 Å². The van der Waals surface area contributed by atoms with Crippen LogP contribution >= 0.6 is 23.1 Å². The van der Waals surface area contributed by atoms with E-state index < -0.39 is 0 Å². The summed E-state index contributed by atoms with van der Waals surface area (Å²) in [6.45, 7) is 6.73. The van der Waals surface area contributed by atoms with Gasteiger partial charge in [0.25, 0.3) is 0 Å². The number of urea groups is 1. The number of nitrogens with one attached hydrogen (secondary N) is 1. The predicted molar refractivity (Wildman–Crippen MR) is 112 cm³/mol. The zero-order valence-electron chi connectivity index (χ0n) is 15.5. The first-order valence-electron chi connectivity index (χ1n) is 9.04. The molecule has 1 fully saturated rings. The Morgan fingerprint density at radius 3 is 2.62 bits per heavy atom. The maximum Gasteiger partial charge on any atom is 0.318 e. The summed E-state index contributed by atoms with van der Waals surface area (Å²) in [5, 5.41) is 5.35. The Bertz CT molecular complexity index is 697. The van der Waals surface area contributed by atoms with E-state index in [4.69, 9.17) is 0 Å². The second-order valence-corrected chi connectivity index (χ2v) is 8.54. The molecule has 0 bridgehead atoms. The Morgan fingerprint density at radius 2 is 1.96 bits per heavy atom. The fraction of sp³-hybridized carbons (Fsp3) is 0.450. The average molecular weight is 390 g/mol. The minimum atomic E-state index is -0.0850. The van der Waals surface area contributed by atoms with Crippen molar-refractivity contribution in [1.82, 2.24) is 15.1 Å². The molecule has 1 unspecified atom stereocenters. The Balaban J connectivity index is 1.66. The molecule has 1 aromatic heterocycles. The summed E-state index contributed by atoms with van der Waals surface area (Å²) in [6, 6.07) is 12.4. The summed E-state index contributed by atoms with van der Waals surface area (Å²) < 4.78 is 0. The van der Waals surface area contributed by atoms with Gasteiger partial charge in [0.05, 0.1) is 6.04 Å². The molecule has 6 heteroatoms. The van der Waals surface area contributed by atoms with Crippen LogP contribution in [0.4, 0.5) is 4.79 Å². The number of hydrogen-bond acceptors (Lipinski definition) is 4. The van der Waals surface area contributed by atoms with Gasteiger partial charge in [-0.05, 0) is 35.8 Å². The van der Waals surface area contributed by atoms with Crippen LogP contribution in [-0.2, 0) is 0 Å². The van der Waals surface area contributed by atoms with E-state index in [0.29, 0.717) is 0 Å². The van der Waals surface area contributed by atoms with Gasteiger partial charge in [-0.3, -0.25) is 4.90 Å². The van der Waals surface area contributed by atoms with Crippen molar-refractivity contribution in [2.75, 3.05) is 44.7 Å². The normalized spacial score (nSPS) is 16.5. The fourth-order valence-corrected chi connectivity index (χ4v) is 4.51. The number of thiophene rings is 1. The second-order valence-electron chi connectivity index (χ2n) is 6.58. The number of nitrogens with zero attached hydrogens (tertiary/aromatic N) is 2. The molecule has 3 rings (SSSR count). The molecule has 140 valence electrons. The summed E-state index contributed by atoms with van der Waals surface area (Å²) in [5.41, 5.74) is 2.37. The summed E-state index contributed by atoms with van der Waals surface area (Å²) in [4.78, 5) is 18.5. The standard InChI is InChI=1S/C20H27N3OS2/c1-16-6-3-4-7-17(16)19(18-8-5-14-26-18)21-20(24)23-11-9-22(10-12-23)13-15-25-2/h3-8,14,19H,9-13,15H2,1-2H3,(H,21,24). The zero-order valence-corrected chi connectivity index (χ0v) is 17.1. The van der Waals surface area contributed by atoms with Gasteiger partial charge >= 0.3 is 6.03 Å². The molecule has 1 atom stereocenters. The first kappa shape index (κ1) is 19.3. The van der Waals surface area contributed by atoms with Crippen LogP contribution in [0.2, 0.25) is 0 Å². The van der Waals surface area contributed by atoms with E-state index in [0.717, 1.165) is 38.5 Å². The van der Waals surface area contributed by atoms with E-state index in [1.165, 1.54) is 16.0 Å². The molecule has 0 saturated carbocycles. The molecule has 0 spiro atoms. The first-order chi connectivity index (χ1) is 12.7. The van der Waals surface area contributed by atoms with E-state index >= 15 is 0 Å². The maximum atomic E-state index is 12.9. The lowest BCUT2D eigenvalue weighted by Gasteiger charge is -2.35. The van der Waals surface area contributed by atoms with Gasteiger partial charge in [-0.2, -0.15) is 11.8 Å². The molecule has 2 heterocycles. The highest BCUT2D eigenvalue weighted by molar-refractivity contribution is 7.98. The molecule has 1 N–H and O–H groups in total. The minimum absolute atomic E-state index is 0.0381. The van der Waals surface area contributed by atoms with Crippen LogP contribution in [0.25, 0.3) is 0 Å². The van der Waals surface area contributed by atoms with Crippen molar-refractivity contribution < 1.29 is 4.79 Å². The van der Waals surface area contributed by atoms with Crippen LogP contribution in [-0.4, -0.2) is 60.6 Å². The van der Waals surface area contributed by atoms with Crippen LogP contribution < -0.4 is 5.32 Å². The maximum absolute atomic E-state index is 12.9. The molecular formula is C20H27N3OS2. The largest absolute Gasteiger partial charge is 0.326 e. The van der Waals surface area contributed by atoms with Crippen molar-refractivity contribution in [2.45, 2.75) is 13.0 Å². The molecule has 1 aliphatic rings. The number of carbonyl (C=O) groups is 1. The van der Waals surface area contributed by atoms with Crippen molar-refractivity contribution in [3.63, 3.8) is 0 Å². The van der Waals surface area contributed by atoms with Gasteiger partial charge in [0, 0.05) is 43.4 Å². The molecular weight excluding hydrogens is 362 g/mol. The van der Waals surface area contributed by atoms with Gasteiger partial charge in [-0.15, -0.1) is 11.3 Å². The van der Waals surface area contributed by atoms with Crippen molar-refractivity contribution in [1.29, 1.82) is 0 Å². The quantitative estimate of drug-likeness (QED) is 0.815. The average Bonchev–Trinajstić information content (AvgIpc) is 3.20. The van der Waals surface area contributed by atoms with Crippen molar-refractivity contribution in [3.05, 3.63) is 57.8 Å². The highest BCUT2D eigenvalue weighted by Gasteiger charge is 2.25. The Morgan fingerprint density at radius 1 is 1.19 bits per heavy atom. The molecule has 2 aromatic rings. The number of rotatable bonds is 6. The van der Waals surface area contributed by atoms with Crippen molar-refractivity contribution in [2.24, 2.45) is 0 Å². The van der Waals surface area contributed by atoms with Gasteiger partial charge in [0.15, 0.2) is 0 Å². The van der Waals surface area contributed by atoms with Crippen LogP contribution in [0.3, 0.4) is 0 Å². The summed E-state index contributed by atoms with van der Waals surface area (Å²) in [6.07, 6.45) is 2.14. The van der Waals surface area contributed by atoms with Gasteiger partial charge in [0.2, 0.25) is 0 Å². The molecule has 26 heavy (non-hydrogen) atoms. The number of carbonyl (C=O) groups excluding carboxylic acids is 1. The van der Waals surface area contributed by atoms with E-state index in [2.05, 4.69) is 47.0 Å². The molecule has 1 aliphatic heterocycles. The smallest absolute Gasteiger partial charge is 0.318 e. The first-order valence-corrected chi connectivity index (χ1v) is 11.3. The van der Waals surface area contributed by atoms with Crippen molar-refractivity contribution in [3.8, 4) is 0 Å². The third-order valence-corrected chi connectivity index (χ3v) is 6.39. The molecule has 1 aromatic carbocycles. The monoisotopic (exact) mass is 389 g/mol. The number of thioether (sulfide) groups is 1. The SMILES string of the molecule is CSCCN1CCN(C(=O)NC(c2cccs2)c2ccccc2C)CC1. The summed E-state index contributed by atoms with van der Waals surface area (Å²) in [7, 11) is 0. The van der Waals surface area contributed by atoms with Crippen LogP contribution in [0.1, 0.15) is 22.0 Å². The summed E-state index contributed by atoms with van der Waals surface area (Å²) >= 11 is 3.56. The Hall–Kier alpha value is -1.50. The van der Waals surface area contributed by atoms with Crippen LogP contribution in [0.15, 0.2) is 41.8 Å². The van der Waals surface area contributed by atoms with Crippen molar-refractivity contribution >= 4 is 29.1 Å². The third-order valence-electron chi connectivity index (χ3n) is 4.87. The molecule has 0 aliphatic carbocycles. The number of amides is 2. The lowest BCUT2D eigenvalue weighted by molar-refractivity contribution is 0.142. The number of hydrogen-bond donors (Lipinski definition) is 1. The lowest BCUT2D eigenvalue weighted by atomic mass is 10.00. The van der Waals surface area contributed by atoms with E-state index in [9.17, 15) is 4.79 Å². The molecule has 1 saturated heterocycles. The van der Waals surface area contributed by atoms with Gasteiger partial charge in [-0.25, -0.2) is 4.79 Å². The molecule has 0 radical (unpaired) electrons. The van der Waals surface area contributed by atoms with Gasteiger partial charge in [-0.1, -0.05) is 30.3 Å². The zero-order chi connectivity index (χ0) is 18.4. The Labute approximate surface area is 164 Å². The predicted octanol–water partition coefficient (Wildman–Crippen LogP) is 3.84. The molecule has 4 nitrogen and oxygen atoms in total.